The molecule has 0 aliphatic carbocycles. The lowest BCUT2D eigenvalue weighted by molar-refractivity contribution is 0.624. The van der Waals surface area contributed by atoms with Crippen LogP contribution in [-0.2, 0) is 6.42 Å². The van der Waals surface area contributed by atoms with Crippen LogP contribution in [0.2, 0.25) is 0 Å². The molecule has 102 valence electrons. The SMILES string of the molecule is NCCCCNCCc1csc(-c2ccccc2)n1. The van der Waals surface area contributed by atoms with E-state index < -0.39 is 0 Å². The van der Waals surface area contributed by atoms with Gasteiger partial charge in [-0.2, -0.15) is 0 Å². The van der Waals surface area contributed by atoms with E-state index >= 15 is 0 Å². The van der Waals surface area contributed by atoms with E-state index in [-0.39, 0.29) is 0 Å². The Morgan fingerprint density at radius 2 is 1.95 bits per heavy atom. The van der Waals surface area contributed by atoms with E-state index in [1.165, 1.54) is 11.3 Å². The summed E-state index contributed by atoms with van der Waals surface area (Å²) in [5.74, 6) is 0. The van der Waals surface area contributed by atoms with Gasteiger partial charge in [-0.05, 0) is 25.9 Å². The van der Waals surface area contributed by atoms with Gasteiger partial charge in [-0.25, -0.2) is 4.98 Å². The molecule has 1 heterocycles. The van der Waals surface area contributed by atoms with Gasteiger partial charge < -0.3 is 11.1 Å². The Morgan fingerprint density at radius 1 is 1.11 bits per heavy atom. The third-order valence-corrected chi connectivity index (χ3v) is 3.88. The lowest BCUT2D eigenvalue weighted by Crippen LogP contribution is -2.19. The van der Waals surface area contributed by atoms with Gasteiger partial charge in [-0.1, -0.05) is 30.3 Å². The summed E-state index contributed by atoms with van der Waals surface area (Å²) in [4.78, 5) is 4.67. The molecule has 0 radical (unpaired) electrons. The van der Waals surface area contributed by atoms with Crippen molar-refractivity contribution in [2.45, 2.75) is 19.3 Å². The number of hydrogen-bond donors (Lipinski definition) is 2. The number of nitrogens with two attached hydrogens (primary N) is 1. The third kappa shape index (κ3) is 4.74. The molecule has 0 aliphatic heterocycles. The maximum atomic E-state index is 5.46. The highest BCUT2D eigenvalue weighted by Crippen LogP contribution is 2.23. The van der Waals surface area contributed by atoms with Crippen molar-refractivity contribution >= 4 is 11.3 Å². The maximum Gasteiger partial charge on any atom is 0.123 e. The summed E-state index contributed by atoms with van der Waals surface area (Å²) in [5, 5.41) is 6.69. The zero-order valence-electron chi connectivity index (χ0n) is 11.1. The largest absolute Gasteiger partial charge is 0.330 e. The van der Waals surface area contributed by atoms with Crippen LogP contribution in [0.4, 0.5) is 0 Å². The van der Waals surface area contributed by atoms with E-state index in [1.54, 1.807) is 11.3 Å². The molecule has 0 bridgehead atoms. The van der Waals surface area contributed by atoms with Crippen LogP contribution in [0.1, 0.15) is 18.5 Å². The van der Waals surface area contributed by atoms with Crippen LogP contribution in [0.5, 0.6) is 0 Å². The summed E-state index contributed by atoms with van der Waals surface area (Å²) in [7, 11) is 0. The van der Waals surface area contributed by atoms with Crippen LogP contribution in [-0.4, -0.2) is 24.6 Å². The van der Waals surface area contributed by atoms with Crippen molar-refractivity contribution in [2.75, 3.05) is 19.6 Å². The number of nitrogens with one attached hydrogen (secondary N) is 1. The zero-order chi connectivity index (χ0) is 13.3. The van der Waals surface area contributed by atoms with Crippen molar-refractivity contribution in [3.63, 3.8) is 0 Å². The first-order chi connectivity index (χ1) is 9.40. The molecule has 1 aromatic carbocycles. The van der Waals surface area contributed by atoms with E-state index in [2.05, 4.69) is 39.9 Å². The van der Waals surface area contributed by atoms with E-state index in [0.29, 0.717) is 0 Å². The lowest BCUT2D eigenvalue weighted by Gasteiger charge is -2.02. The number of aromatic nitrogens is 1. The molecule has 0 saturated carbocycles. The topological polar surface area (TPSA) is 50.9 Å². The summed E-state index contributed by atoms with van der Waals surface area (Å²) in [5.41, 5.74) is 7.84. The number of thiazole rings is 1. The second kappa shape index (κ2) is 8.04. The predicted octanol–water partition coefficient (Wildman–Crippen LogP) is 2.68. The Kier molecular flexibility index (Phi) is 6.01. The molecule has 0 aliphatic rings. The van der Waals surface area contributed by atoms with Gasteiger partial charge in [0.25, 0.3) is 0 Å². The summed E-state index contributed by atoms with van der Waals surface area (Å²) < 4.78 is 0. The van der Waals surface area contributed by atoms with Gasteiger partial charge in [0.1, 0.15) is 5.01 Å². The molecule has 0 atom stereocenters. The summed E-state index contributed by atoms with van der Waals surface area (Å²) in [6.45, 7) is 2.82. The molecule has 19 heavy (non-hydrogen) atoms. The van der Waals surface area contributed by atoms with Crippen molar-refractivity contribution in [1.29, 1.82) is 0 Å². The number of rotatable bonds is 8. The van der Waals surface area contributed by atoms with Crippen LogP contribution < -0.4 is 11.1 Å². The lowest BCUT2D eigenvalue weighted by atomic mass is 10.2. The average Bonchev–Trinajstić information content (AvgIpc) is 2.92. The van der Waals surface area contributed by atoms with Crippen molar-refractivity contribution in [1.82, 2.24) is 10.3 Å². The van der Waals surface area contributed by atoms with E-state index in [1.807, 2.05) is 6.07 Å². The Balaban J connectivity index is 1.75. The zero-order valence-corrected chi connectivity index (χ0v) is 12.0. The monoisotopic (exact) mass is 275 g/mol. The van der Waals surface area contributed by atoms with Gasteiger partial charge in [-0.3, -0.25) is 0 Å². The minimum atomic E-state index is 0.786. The quantitative estimate of drug-likeness (QED) is 0.728. The second-order valence-electron chi connectivity index (χ2n) is 4.51. The molecule has 3 nitrogen and oxygen atoms in total. The van der Waals surface area contributed by atoms with Crippen LogP contribution in [0.3, 0.4) is 0 Å². The van der Waals surface area contributed by atoms with Gasteiger partial charge in [0.15, 0.2) is 0 Å². The molecule has 4 heteroatoms. The predicted molar refractivity (Wildman–Crippen MR) is 82.4 cm³/mol. The van der Waals surface area contributed by atoms with E-state index in [4.69, 9.17) is 5.73 Å². The molecular formula is C15H21N3S. The minimum absolute atomic E-state index is 0.786. The number of nitrogens with zero attached hydrogens (tertiary/aromatic N) is 1. The average molecular weight is 275 g/mol. The molecule has 2 aromatic rings. The van der Waals surface area contributed by atoms with E-state index in [9.17, 15) is 0 Å². The maximum absolute atomic E-state index is 5.46. The summed E-state index contributed by atoms with van der Waals surface area (Å²) in [6, 6.07) is 10.3. The van der Waals surface area contributed by atoms with Gasteiger partial charge in [0.05, 0.1) is 5.69 Å². The first-order valence-corrected chi connectivity index (χ1v) is 7.68. The number of unbranched alkanes of at least 4 members (excludes halogenated alkanes) is 1. The van der Waals surface area contributed by atoms with Gasteiger partial charge in [-0.15, -0.1) is 11.3 Å². The Labute approximate surface area is 118 Å². The minimum Gasteiger partial charge on any atom is -0.330 e. The summed E-state index contributed by atoms with van der Waals surface area (Å²) in [6.07, 6.45) is 3.25. The fourth-order valence-corrected chi connectivity index (χ4v) is 2.73. The summed E-state index contributed by atoms with van der Waals surface area (Å²) >= 11 is 1.72. The molecular weight excluding hydrogens is 254 g/mol. The Morgan fingerprint density at radius 3 is 2.74 bits per heavy atom. The van der Waals surface area contributed by atoms with Gasteiger partial charge in [0, 0.05) is 23.9 Å². The first-order valence-electron chi connectivity index (χ1n) is 6.81. The third-order valence-electron chi connectivity index (χ3n) is 2.94. The normalized spacial score (nSPS) is 10.8. The van der Waals surface area contributed by atoms with Crippen LogP contribution >= 0.6 is 11.3 Å². The second-order valence-corrected chi connectivity index (χ2v) is 5.36. The highest BCUT2D eigenvalue weighted by atomic mass is 32.1. The molecule has 0 spiro atoms. The van der Waals surface area contributed by atoms with Crippen molar-refractivity contribution < 1.29 is 0 Å². The number of benzene rings is 1. The van der Waals surface area contributed by atoms with Crippen molar-refractivity contribution in [3.05, 3.63) is 41.4 Å². The van der Waals surface area contributed by atoms with Crippen molar-refractivity contribution in [3.8, 4) is 10.6 Å². The van der Waals surface area contributed by atoms with Crippen LogP contribution in [0.25, 0.3) is 10.6 Å². The standard InChI is InChI=1S/C15H21N3S/c16-9-4-5-10-17-11-8-14-12-19-15(18-14)13-6-2-1-3-7-13/h1-3,6-7,12,17H,4-5,8-11,16H2. The van der Waals surface area contributed by atoms with Crippen LogP contribution in [0, 0.1) is 0 Å². The molecule has 0 fully saturated rings. The molecule has 0 unspecified atom stereocenters. The molecule has 1 aromatic heterocycles. The molecule has 3 N–H and O–H groups in total. The molecule has 2 rings (SSSR count). The fourth-order valence-electron chi connectivity index (χ4n) is 1.87. The highest BCUT2D eigenvalue weighted by Gasteiger charge is 2.03. The van der Waals surface area contributed by atoms with Crippen molar-refractivity contribution in [2.24, 2.45) is 5.73 Å². The fraction of sp³-hybridized carbons (Fsp3) is 0.400. The first kappa shape index (κ1) is 14.2. The van der Waals surface area contributed by atoms with Gasteiger partial charge >= 0.3 is 0 Å². The Hall–Kier alpha value is -1.23. The molecule has 0 amide bonds. The Bertz CT molecular complexity index is 467. The van der Waals surface area contributed by atoms with Crippen LogP contribution in [0.15, 0.2) is 35.7 Å². The number of hydrogen-bond acceptors (Lipinski definition) is 4. The highest BCUT2D eigenvalue weighted by molar-refractivity contribution is 7.13. The smallest absolute Gasteiger partial charge is 0.123 e. The van der Waals surface area contributed by atoms with E-state index in [0.717, 1.165) is 43.9 Å². The molecule has 0 saturated heterocycles. The van der Waals surface area contributed by atoms with Gasteiger partial charge in [0.2, 0.25) is 0 Å².